The van der Waals surface area contributed by atoms with Gasteiger partial charge in [0.15, 0.2) is 5.96 Å². The van der Waals surface area contributed by atoms with Gasteiger partial charge in [-0.05, 0) is 26.2 Å². The number of hydrogen-bond donors (Lipinski definition) is 2. The van der Waals surface area contributed by atoms with E-state index < -0.39 is 0 Å². The van der Waals surface area contributed by atoms with Crippen LogP contribution in [0.5, 0.6) is 0 Å². The SMILES string of the molecule is COCC(C)NC(N)=NC1C2CCOC2C12CCC2. The van der Waals surface area contributed by atoms with Gasteiger partial charge in [-0.25, -0.2) is 4.99 Å². The summed E-state index contributed by atoms with van der Waals surface area (Å²) in [5.41, 5.74) is 6.36. The fraction of sp³-hybridized carbons (Fsp3) is 0.929. The van der Waals surface area contributed by atoms with Crippen LogP contribution in [-0.4, -0.2) is 44.5 Å². The molecule has 0 amide bonds. The first-order valence-corrected chi connectivity index (χ1v) is 7.38. The molecule has 5 heteroatoms. The molecule has 0 radical (unpaired) electrons. The minimum Gasteiger partial charge on any atom is -0.383 e. The lowest BCUT2D eigenvalue weighted by molar-refractivity contribution is -0.164. The summed E-state index contributed by atoms with van der Waals surface area (Å²) in [6.45, 7) is 3.59. The second-order valence-electron chi connectivity index (χ2n) is 6.29. The van der Waals surface area contributed by atoms with Crippen LogP contribution < -0.4 is 11.1 Å². The normalized spacial score (nSPS) is 37.4. The lowest BCUT2D eigenvalue weighted by atomic mass is 9.46. The summed E-state index contributed by atoms with van der Waals surface area (Å²) in [4.78, 5) is 4.77. The summed E-state index contributed by atoms with van der Waals surface area (Å²) in [6, 6.07) is 0.567. The third kappa shape index (κ3) is 2.03. The third-order valence-corrected chi connectivity index (χ3v) is 5.07. The first-order chi connectivity index (χ1) is 9.17. The number of methoxy groups -OCH3 is 1. The van der Waals surface area contributed by atoms with Gasteiger partial charge in [0.25, 0.3) is 0 Å². The van der Waals surface area contributed by atoms with Gasteiger partial charge in [-0.3, -0.25) is 0 Å². The number of guanidine groups is 1. The Balaban J connectivity index is 1.65. The van der Waals surface area contributed by atoms with Crippen molar-refractivity contribution in [1.82, 2.24) is 5.32 Å². The number of hydrogen-bond acceptors (Lipinski definition) is 3. The summed E-state index contributed by atoms with van der Waals surface area (Å²) >= 11 is 0. The molecule has 0 aromatic rings. The molecule has 1 aliphatic heterocycles. The van der Waals surface area contributed by atoms with Gasteiger partial charge in [-0.15, -0.1) is 0 Å². The average molecular weight is 267 g/mol. The molecule has 1 saturated heterocycles. The molecule has 3 aliphatic rings. The smallest absolute Gasteiger partial charge is 0.189 e. The van der Waals surface area contributed by atoms with E-state index in [1.165, 1.54) is 19.3 Å². The fourth-order valence-electron chi connectivity index (χ4n) is 4.12. The lowest BCUT2D eigenvalue weighted by Gasteiger charge is -2.61. The minimum atomic E-state index is 0.196. The molecular formula is C14H25N3O2. The van der Waals surface area contributed by atoms with E-state index in [-0.39, 0.29) is 6.04 Å². The fourth-order valence-corrected chi connectivity index (χ4v) is 4.12. The van der Waals surface area contributed by atoms with Crippen molar-refractivity contribution in [2.75, 3.05) is 20.3 Å². The minimum absolute atomic E-state index is 0.196. The predicted molar refractivity (Wildman–Crippen MR) is 74.0 cm³/mol. The van der Waals surface area contributed by atoms with E-state index in [0.29, 0.717) is 36.0 Å². The Labute approximate surface area is 114 Å². The monoisotopic (exact) mass is 267 g/mol. The van der Waals surface area contributed by atoms with E-state index in [1.54, 1.807) is 7.11 Å². The number of nitrogens with two attached hydrogens (primary N) is 1. The largest absolute Gasteiger partial charge is 0.383 e. The van der Waals surface area contributed by atoms with E-state index in [9.17, 15) is 0 Å². The molecule has 3 fully saturated rings. The van der Waals surface area contributed by atoms with E-state index in [2.05, 4.69) is 5.32 Å². The molecule has 0 aromatic heterocycles. The Morgan fingerprint density at radius 2 is 2.37 bits per heavy atom. The third-order valence-electron chi connectivity index (χ3n) is 5.07. The highest BCUT2D eigenvalue weighted by atomic mass is 16.5. The van der Waals surface area contributed by atoms with E-state index >= 15 is 0 Å². The van der Waals surface area contributed by atoms with Crippen molar-refractivity contribution >= 4 is 5.96 Å². The van der Waals surface area contributed by atoms with Gasteiger partial charge in [-0.2, -0.15) is 0 Å². The summed E-state index contributed by atoms with van der Waals surface area (Å²) in [5.74, 6) is 1.16. The maximum atomic E-state index is 6.04. The molecule has 1 heterocycles. The first kappa shape index (κ1) is 13.2. The molecule has 5 nitrogen and oxygen atoms in total. The molecule has 0 bridgehead atoms. The van der Waals surface area contributed by atoms with Gasteiger partial charge in [0.05, 0.1) is 18.8 Å². The molecule has 19 heavy (non-hydrogen) atoms. The number of nitrogens with zero attached hydrogens (tertiary/aromatic N) is 1. The van der Waals surface area contributed by atoms with Gasteiger partial charge in [0.1, 0.15) is 0 Å². The van der Waals surface area contributed by atoms with Crippen LogP contribution in [0.4, 0.5) is 0 Å². The zero-order valence-electron chi connectivity index (χ0n) is 11.9. The van der Waals surface area contributed by atoms with Crippen LogP contribution in [0.15, 0.2) is 4.99 Å². The summed E-state index contributed by atoms with van der Waals surface area (Å²) in [7, 11) is 1.70. The number of aliphatic imine (C=N–C) groups is 1. The Bertz CT molecular complexity index is 368. The van der Waals surface area contributed by atoms with Gasteiger partial charge >= 0.3 is 0 Å². The van der Waals surface area contributed by atoms with Gasteiger partial charge in [0.2, 0.25) is 0 Å². The van der Waals surface area contributed by atoms with Crippen LogP contribution in [-0.2, 0) is 9.47 Å². The predicted octanol–water partition coefficient (Wildman–Crippen LogP) is 0.883. The van der Waals surface area contributed by atoms with Crippen molar-refractivity contribution in [1.29, 1.82) is 0 Å². The van der Waals surface area contributed by atoms with Crippen LogP contribution in [0.25, 0.3) is 0 Å². The molecule has 108 valence electrons. The Hall–Kier alpha value is -0.810. The van der Waals surface area contributed by atoms with E-state index in [0.717, 1.165) is 13.0 Å². The second kappa shape index (κ2) is 4.94. The van der Waals surface area contributed by atoms with Gasteiger partial charge in [-0.1, -0.05) is 6.42 Å². The Morgan fingerprint density at radius 1 is 1.58 bits per heavy atom. The van der Waals surface area contributed by atoms with Gasteiger partial charge < -0.3 is 20.5 Å². The summed E-state index contributed by atoms with van der Waals surface area (Å²) < 4.78 is 11.0. The van der Waals surface area contributed by atoms with E-state index in [4.69, 9.17) is 20.2 Å². The first-order valence-electron chi connectivity index (χ1n) is 7.38. The average Bonchev–Trinajstić information content (AvgIpc) is 2.69. The molecule has 4 atom stereocenters. The number of rotatable bonds is 4. The Morgan fingerprint density at radius 3 is 3.00 bits per heavy atom. The summed E-state index contributed by atoms with van der Waals surface area (Å²) in [5, 5.41) is 3.21. The summed E-state index contributed by atoms with van der Waals surface area (Å²) in [6.07, 6.45) is 5.42. The highest BCUT2D eigenvalue weighted by Crippen LogP contribution is 2.64. The molecule has 0 aromatic carbocycles. The number of fused-ring (bicyclic) bond motifs is 2. The highest BCUT2D eigenvalue weighted by Gasteiger charge is 2.66. The number of nitrogens with one attached hydrogen (secondary N) is 1. The molecule has 2 saturated carbocycles. The maximum Gasteiger partial charge on any atom is 0.189 e. The lowest BCUT2D eigenvalue weighted by Crippen LogP contribution is -2.66. The Kier molecular flexibility index (Phi) is 3.43. The molecule has 1 spiro atoms. The van der Waals surface area contributed by atoms with E-state index in [1.807, 2.05) is 6.92 Å². The van der Waals surface area contributed by atoms with Crippen molar-refractivity contribution in [2.24, 2.45) is 22.1 Å². The van der Waals surface area contributed by atoms with Gasteiger partial charge in [0, 0.05) is 31.1 Å². The topological polar surface area (TPSA) is 68.9 Å². The van der Waals surface area contributed by atoms with Crippen LogP contribution in [0, 0.1) is 11.3 Å². The van der Waals surface area contributed by atoms with Crippen molar-refractivity contribution in [3.8, 4) is 0 Å². The molecular weight excluding hydrogens is 242 g/mol. The maximum absolute atomic E-state index is 6.04. The van der Waals surface area contributed by atoms with Crippen molar-refractivity contribution in [2.45, 2.75) is 50.8 Å². The molecule has 4 unspecified atom stereocenters. The van der Waals surface area contributed by atoms with Crippen molar-refractivity contribution in [3.63, 3.8) is 0 Å². The number of ether oxygens (including phenoxy) is 2. The van der Waals surface area contributed by atoms with Crippen molar-refractivity contribution < 1.29 is 9.47 Å². The van der Waals surface area contributed by atoms with Crippen LogP contribution in [0.2, 0.25) is 0 Å². The van der Waals surface area contributed by atoms with Crippen LogP contribution in [0.3, 0.4) is 0 Å². The van der Waals surface area contributed by atoms with Crippen LogP contribution in [0.1, 0.15) is 32.6 Å². The standard InChI is InChI=1S/C14H25N3O2/c1-9(8-18-2)16-13(15)17-11-10-4-7-19-12(10)14(11)5-3-6-14/h9-12H,3-8H2,1-2H3,(H3,15,16,17). The zero-order valence-corrected chi connectivity index (χ0v) is 11.9. The van der Waals surface area contributed by atoms with Crippen LogP contribution >= 0.6 is 0 Å². The zero-order chi connectivity index (χ0) is 13.5. The highest BCUT2D eigenvalue weighted by molar-refractivity contribution is 5.78. The second-order valence-corrected chi connectivity index (χ2v) is 6.29. The molecule has 3 rings (SSSR count). The molecule has 3 N–H and O–H groups in total. The van der Waals surface area contributed by atoms with Crippen molar-refractivity contribution in [3.05, 3.63) is 0 Å². The quantitative estimate of drug-likeness (QED) is 0.586. The molecule has 2 aliphatic carbocycles.